The highest BCUT2D eigenvalue weighted by atomic mass is 127. The summed E-state index contributed by atoms with van der Waals surface area (Å²) in [6.07, 6.45) is 0. The van der Waals surface area contributed by atoms with E-state index >= 15 is 0 Å². The van der Waals surface area contributed by atoms with Crippen LogP contribution in [0.4, 0.5) is 0 Å². The molecule has 0 bridgehead atoms. The van der Waals surface area contributed by atoms with Crippen molar-refractivity contribution in [3.63, 3.8) is 0 Å². The third kappa shape index (κ3) is 3.24. The van der Waals surface area contributed by atoms with Gasteiger partial charge in [-0.15, -0.1) is 0 Å². The van der Waals surface area contributed by atoms with Crippen LogP contribution in [0.3, 0.4) is 0 Å². The van der Waals surface area contributed by atoms with E-state index in [0.29, 0.717) is 0 Å². The van der Waals surface area contributed by atoms with Crippen molar-refractivity contribution < 1.29 is 4.79 Å². The Morgan fingerprint density at radius 1 is 1.43 bits per heavy atom. The van der Waals surface area contributed by atoms with E-state index in [0.717, 1.165) is 21.0 Å². The molecule has 2 nitrogen and oxygen atoms in total. The first-order valence-electron chi connectivity index (χ1n) is 4.22. The molecular weight excluding hydrogens is 357 g/mol. The Morgan fingerprint density at radius 2 is 2.00 bits per heavy atom. The van der Waals surface area contributed by atoms with Crippen LogP contribution in [0, 0.1) is 3.57 Å². The third-order valence-electron chi connectivity index (χ3n) is 1.86. The molecule has 0 heterocycles. The predicted octanol–water partition coefficient (Wildman–Crippen LogP) is 2.76. The SMILES string of the molecule is CN(CCBr)C(=O)c1ccc(I)cc1. The van der Waals surface area contributed by atoms with Crippen LogP contribution in [-0.2, 0) is 0 Å². The Hall–Kier alpha value is -0.100. The Bertz CT molecular complexity index is 312. The topological polar surface area (TPSA) is 20.3 Å². The molecule has 0 atom stereocenters. The largest absolute Gasteiger partial charge is 0.341 e. The van der Waals surface area contributed by atoms with Gasteiger partial charge in [0.05, 0.1) is 0 Å². The molecule has 4 heteroatoms. The van der Waals surface area contributed by atoms with Crippen LogP contribution >= 0.6 is 38.5 Å². The summed E-state index contributed by atoms with van der Waals surface area (Å²) in [6, 6.07) is 7.59. The molecule has 0 aliphatic carbocycles. The molecule has 14 heavy (non-hydrogen) atoms. The average Bonchev–Trinajstić information content (AvgIpc) is 2.18. The first-order chi connectivity index (χ1) is 6.65. The molecule has 0 N–H and O–H groups in total. The Labute approximate surface area is 106 Å². The number of alkyl halides is 1. The Kier molecular flexibility index (Phi) is 4.88. The number of hydrogen-bond donors (Lipinski definition) is 0. The standard InChI is InChI=1S/C10H11BrINO/c1-13(7-6-11)10(14)8-2-4-9(12)5-3-8/h2-5H,6-7H2,1H3. The third-order valence-corrected chi connectivity index (χ3v) is 2.93. The second-order valence-corrected chi connectivity index (χ2v) is 4.96. The lowest BCUT2D eigenvalue weighted by atomic mass is 10.2. The van der Waals surface area contributed by atoms with E-state index in [2.05, 4.69) is 38.5 Å². The van der Waals surface area contributed by atoms with E-state index in [1.54, 1.807) is 4.90 Å². The van der Waals surface area contributed by atoms with Gasteiger partial charge in [0.25, 0.3) is 5.91 Å². The van der Waals surface area contributed by atoms with E-state index in [1.165, 1.54) is 0 Å². The van der Waals surface area contributed by atoms with Gasteiger partial charge < -0.3 is 4.90 Å². The smallest absolute Gasteiger partial charge is 0.253 e. The molecule has 0 fully saturated rings. The van der Waals surface area contributed by atoms with Crippen LogP contribution < -0.4 is 0 Å². The van der Waals surface area contributed by atoms with Crippen molar-refractivity contribution in [2.24, 2.45) is 0 Å². The fourth-order valence-electron chi connectivity index (χ4n) is 1.04. The minimum Gasteiger partial charge on any atom is -0.341 e. The highest BCUT2D eigenvalue weighted by Crippen LogP contribution is 2.08. The molecule has 1 amide bonds. The molecule has 0 aliphatic heterocycles. The van der Waals surface area contributed by atoms with Crippen molar-refractivity contribution in [2.75, 3.05) is 18.9 Å². The summed E-state index contributed by atoms with van der Waals surface area (Å²) >= 11 is 5.53. The van der Waals surface area contributed by atoms with Crippen LogP contribution in [0.5, 0.6) is 0 Å². The Morgan fingerprint density at radius 3 is 2.50 bits per heavy atom. The highest BCUT2D eigenvalue weighted by Gasteiger charge is 2.09. The maximum Gasteiger partial charge on any atom is 0.253 e. The first kappa shape index (κ1) is 12.0. The molecule has 1 aromatic rings. The molecule has 0 spiro atoms. The monoisotopic (exact) mass is 367 g/mol. The fourth-order valence-corrected chi connectivity index (χ4v) is 1.93. The number of amides is 1. The minimum atomic E-state index is 0.0702. The van der Waals surface area contributed by atoms with E-state index in [9.17, 15) is 4.79 Å². The highest BCUT2D eigenvalue weighted by molar-refractivity contribution is 14.1. The molecule has 0 radical (unpaired) electrons. The molecule has 76 valence electrons. The molecule has 1 aromatic carbocycles. The Balaban J connectivity index is 2.74. The number of carbonyl (C=O) groups is 1. The molecule has 0 saturated carbocycles. The summed E-state index contributed by atoms with van der Waals surface area (Å²) in [7, 11) is 1.81. The maximum atomic E-state index is 11.7. The second-order valence-electron chi connectivity index (χ2n) is 2.92. The summed E-state index contributed by atoms with van der Waals surface area (Å²) < 4.78 is 1.14. The van der Waals surface area contributed by atoms with Gasteiger partial charge in [-0.05, 0) is 46.9 Å². The van der Waals surface area contributed by atoms with Gasteiger partial charge in [0, 0.05) is 28.1 Å². The maximum absolute atomic E-state index is 11.7. The van der Waals surface area contributed by atoms with Gasteiger partial charge in [-0.2, -0.15) is 0 Å². The van der Waals surface area contributed by atoms with Crippen LogP contribution in [0.2, 0.25) is 0 Å². The van der Waals surface area contributed by atoms with Gasteiger partial charge in [0.1, 0.15) is 0 Å². The van der Waals surface area contributed by atoms with Gasteiger partial charge in [-0.25, -0.2) is 0 Å². The van der Waals surface area contributed by atoms with Crippen molar-refractivity contribution in [1.82, 2.24) is 4.90 Å². The zero-order valence-electron chi connectivity index (χ0n) is 7.84. The van der Waals surface area contributed by atoms with Crippen molar-refractivity contribution in [3.05, 3.63) is 33.4 Å². The lowest BCUT2D eigenvalue weighted by Gasteiger charge is -2.15. The van der Waals surface area contributed by atoms with Crippen LogP contribution in [-0.4, -0.2) is 29.7 Å². The van der Waals surface area contributed by atoms with Crippen LogP contribution in [0.15, 0.2) is 24.3 Å². The number of nitrogens with zero attached hydrogens (tertiary/aromatic N) is 1. The van der Waals surface area contributed by atoms with Gasteiger partial charge in [-0.3, -0.25) is 4.79 Å². The van der Waals surface area contributed by atoms with Crippen LogP contribution in [0.25, 0.3) is 0 Å². The summed E-state index contributed by atoms with van der Waals surface area (Å²) in [5.74, 6) is 0.0702. The lowest BCUT2D eigenvalue weighted by molar-refractivity contribution is 0.0804. The zero-order valence-corrected chi connectivity index (χ0v) is 11.6. The van der Waals surface area contributed by atoms with Gasteiger partial charge in [-0.1, -0.05) is 15.9 Å². The summed E-state index contributed by atoms with van der Waals surface area (Å²) in [5.41, 5.74) is 0.744. The number of halogens is 2. The number of carbonyl (C=O) groups excluding carboxylic acids is 1. The van der Waals surface area contributed by atoms with Gasteiger partial charge in [0.15, 0.2) is 0 Å². The van der Waals surface area contributed by atoms with Gasteiger partial charge >= 0.3 is 0 Å². The quantitative estimate of drug-likeness (QED) is 0.594. The molecule has 0 aliphatic rings. The van der Waals surface area contributed by atoms with E-state index in [1.807, 2.05) is 31.3 Å². The van der Waals surface area contributed by atoms with E-state index in [-0.39, 0.29) is 5.91 Å². The normalized spacial score (nSPS) is 9.93. The molecule has 0 aromatic heterocycles. The van der Waals surface area contributed by atoms with E-state index < -0.39 is 0 Å². The summed E-state index contributed by atoms with van der Waals surface area (Å²) in [4.78, 5) is 13.5. The molecule has 1 rings (SSSR count). The number of rotatable bonds is 3. The van der Waals surface area contributed by atoms with Crippen molar-refractivity contribution in [3.8, 4) is 0 Å². The fraction of sp³-hybridized carbons (Fsp3) is 0.300. The van der Waals surface area contributed by atoms with Crippen molar-refractivity contribution >= 4 is 44.4 Å². The zero-order chi connectivity index (χ0) is 10.6. The average molecular weight is 368 g/mol. The first-order valence-corrected chi connectivity index (χ1v) is 6.42. The number of benzene rings is 1. The summed E-state index contributed by atoms with van der Waals surface area (Å²) in [5, 5.41) is 0.805. The molecule has 0 saturated heterocycles. The minimum absolute atomic E-state index is 0.0702. The van der Waals surface area contributed by atoms with Crippen molar-refractivity contribution in [2.45, 2.75) is 0 Å². The molecular formula is C10H11BrINO. The predicted molar refractivity (Wildman–Crippen MR) is 69.9 cm³/mol. The van der Waals surface area contributed by atoms with Crippen molar-refractivity contribution in [1.29, 1.82) is 0 Å². The van der Waals surface area contributed by atoms with E-state index in [4.69, 9.17) is 0 Å². The van der Waals surface area contributed by atoms with Gasteiger partial charge in [0.2, 0.25) is 0 Å². The van der Waals surface area contributed by atoms with Crippen LogP contribution in [0.1, 0.15) is 10.4 Å². The summed E-state index contributed by atoms with van der Waals surface area (Å²) in [6.45, 7) is 0.727. The number of hydrogen-bond acceptors (Lipinski definition) is 1. The second kappa shape index (κ2) is 5.70. The lowest BCUT2D eigenvalue weighted by Crippen LogP contribution is -2.28. The molecule has 0 unspecified atom stereocenters.